The first kappa shape index (κ1) is 22.5. The number of carboxylic acids is 1. The summed E-state index contributed by atoms with van der Waals surface area (Å²) in [6, 6.07) is 6.00. The summed E-state index contributed by atoms with van der Waals surface area (Å²) in [5.41, 5.74) is 0.141. The third-order valence-corrected chi connectivity index (χ3v) is 6.11. The highest BCUT2D eigenvalue weighted by atomic mass is 35.5. The van der Waals surface area contributed by atoms with Crippen LogP contribution in [-0.4, -0.2) is 38.8 Å². The summed E-state index contributed by atoms with van der Waals surface area (Å²) in [7, 11) is 0. The molecule has 0 radical (unpaired) electrons. The van der Waals surface area contributed by atoms with Crippen LogP contribution in [-0.2, 0) is 12.7 Å². The summed E-state index contributed by atoms with van der Waals surface area (Å²) in [5.74, 6) is -2.17. The lowest BCUT2D eigenvalue weighted by Crippen LogP contribution is -2.35. The van der Waals surface area contributed by atoms with Crippen molar-refractivity contribution in [2.75, 3.05) is 13.1 Å². The van der Waals surface area contributed by atoms with E-state index in [1.54, 1.807) is 11.6 Å². The van der Waals surface area contributed by atoms with E-state index in [1.807, 2.05) is 4.90 Å². The van der Waals surface area contributed by atoms with Crippen LogP contribution >= 0.6 is 11.6 Å². The first-order valence-electron chi connectivity index (χ1n) is 10.0. The maximum Gasteiger partial charge on any atom is 0.416 e. The Balaban J connectivity index is 1.53. The van der Waals surface area contributed by atoms with Gasteiger partial charge in [-0.05, 0) is 49.6 Å². The van der Waals surface area contributed by atoms with Crippen LogP contribution in [0.1, 0.15) is 46.1 Å². The molecule has 5 nitrogen and oxygen atoms in total. The lowest BCUT2D eigenvalue weighted by molar-refractivity contribution is -0.138. The number of aryl methyl sites for hydroxylation is 1. The van der Waals surface area contributed by atoms with E-state index in [9.17, 15) is 22.4 Å². The first-order valence-corrected chi connectivity index (χ1v) is 10.4. The second-order valence-corrected chi connectivity index (χ2v) is 8.43. The van der Waals surface area contributed by atoms with Gasteiger partial charge in [-0.15, -0.1) is 0 Å². The summed E-state index contributed by atoms with van der Waals surface area (Å²) in [6.45, 7) is 2.92. The number of aromatic carboxylic acids is 1. The van der Waals surface area contributed by atoms with Crippen molar-refractivity contribution in [2.24, 2.45) is 0 Å². The summed E-state index contributed by atoms with van der Waals surface area (Å²) < 4.78 is 56.0. The lowest BCUT2D eigenvalue weighted by atomic mass is 10.0. The highest BCUT2D eigenvalue weighted by molar-refractivity contribution is 6.30. The van der Waals surface area contributed by atoms with Gasteiger partial charge in [0.05, 0.1) is 28.4 Å². The number of halogens is 5. The first-order chi connectivity index (χ1) is 15.0. The predicted molar refractivity (Wildman–Crippen MR) is 111 cm³/mol. The van der Waals surface area contributed by atoms with Crippen LogP contribution < -0.4 is 0 Å². The minimum atomic E-state index is -4.46. The molecule has 2 heterocycles. The van der Waals surface area contributed by atoms with E-state index in [0.717, 1.165) is 6.07 Å². The van der Waals surface area contributed by atoms with E-state index < -0.39 is 29.1 Å². The monoisotopic (exact) mass is 469 g/mol. The molecule has 32 heavy (non-hydrogen) atoms. The topological polar surface area (TPSA) is 58.4 Å². The van der Waals surface area contributed by atoms with Crippen molar-refractivity contribution in [1.29, 1.82) is 0 Å². The summed E-state index contributed by atoms with van der Waals surface area (Å²) in [4.78, 5) is 13.2. The Hall–Kier alpha value is -2.65. The number of carbonyl (C=O) groups is 1. The zero-order chi connectivity index (χ0) is 23.2. The quantitative estimate of drug-likeness (QED) is 0.499. The zero-order valence-electron chi connectivity index (χ0n) is 17.1. The van der Waals surface area contributed by atoms with Crippen molar-refractivity contribution in [1.82, 2.24) is 14.7 Å². The second kappa shape index (κ2) is 8.37. The van der Waals surface area contributed by atoms with Gasteiger partial charge in [0, 0.05) is 36.1 Å². The van der Waals surface area contributed by atoms with E-state index in [0.29, 0.717) is 42.5 Å². The van der Waals surface area contributed by atoms with Gasteiger partial charge in [0.1, 0.15) is 5.82 Å². The minimum absolute atomic E-state index is 0.0704. The van der Waals surface area contributed by atoms with Gasteiger partial charge in [-0.25, -0.2) is 9.18 Å². The molecule has 170 valence electrons. The predicted octanol–water partition coefficient (Wildman–Crippen LogP) is 5.69. The fourth-order valence-electron chi connectivity index (χ4n) is 4.29. The highest BCUT2D eigenvalue weighted by Gasteiger charge is 2.34. The molecule has 0 aliphatic carbocycles. The standard InChI is InChI=1S/C22H20ClF4N3O2/c1-12-16-9-17(21(31)32)19(24)10-20(16)30(28-12)15-4-6-29(7-5-15)11-13-8-14(23)2-3-18(13)22(25,26)27/h2-3,8-10,15H,4-7,11H2,1H3,(H,31,32). The molecule has 2 aromatic carbocycles. The average molecular weight is 470 g/mol. The smallest absolute Gasteiger partial charge is 0.416 e. The summed E-state index contributed by atoms with van der Waals surface area (Å²) in [5, 5.41) is 14.5. The largest absolute Gasteiger partial charge is 0.478 e. The molecule has 0 spiro atoms. The van der Waals surface area contributed by atoms with Crippen molar-refractivity contribution in [2.45, 2.75) is 38.5 Å². The molecule has 1 aliphatic rings. The van der Waals surface area contributed by atoms with Crippen molar-refractivity contribution in [3.8, 4) is 0 Å². The average Bonchev–Trinajstić information content (AvgIpc) is 3.02. The Labute approximate surface area is 186 Å². The van der Waals surface area contributed by atoms with Gasteiger partial charge in [0.15, 0.2) is 0 Å². The summed E-state index contributed by atoms with van der Waals surface area (Å²) >= 11 is 5.92. The maximum atomic E-state index is 14.3. The zero-order valence-corrected chi connectivity index (χ0v) is 17.8. The third-order valence-electron chi connectivity index (χ3n) is 5.88. The van der Waals surface area contributed by atoms with Gasteiger partial charge in [-0.1, -0.05) is 11.6 Å². The summed E-state index contributed by atoms with van der Waals surface area (Å²) in [6.07, 6.45) is -3.23. The number of carboxylic acid groups (broad SMARTS) is 1. The van der Waals surface area contributed by atoms with E-state index >= 15 is 0 Å². The van der Waals surface area contributed by atoms with Gasteiger partial charge in [0.25, 0.3) is 0 Å². The molecule has 1 saturated heterocycles. The number of hydrogen-bond donors (Lipinski definition) is 1. The number of rotatable bonds is 4. The van der Waals surface area contributed by atoms with E-state index in [4.69, 9.17) is 16.7 Å². The normalized spacial score (nSPS) is 16.1. The second-order valence-electron chi connectivity index (χ2n) is 7.99. The molecule has 1 aliphatic heterocycles. The number of benzene rings is 2. The molecule has 1 aromatic heterocycles. The number of fused-ring (bicyclic) bond motifs is 1. The van der Waals surface area contributed by atoms with Crippen LogP contribution in [0.25, 0.3) is 10.9 Å². The molecule has 4 rings (SSSR count). The third kappa shape index (κ3) is 4.31. The van der Waals surface area contributed by atoms with Crippen LogP contribution in [0.5, 0.6) is 0 Å². The minimum Gasteiger partial charge on any atom is -0.478 e. The van der Waals surface area contributed by atoms with Crippen LogP contribution in [0, 0.1) is 12.7 Å². The number of alkyl halides is 3. The number of aromatic nitrogens is 2. The van der Waals surface area contributed by atoms with Gasteiger partial charge < -0.3 is 5.11 Å². The Morgan fingerprint density at radius 2 is 1.91 bits per heavy atom. The van der Waals surface area contributed by atoms with E-state index in [2.05, 4.69) is 5.10 Å². The van der Waals surface area contributed by atoms with Crippen LogP contribution in [0.15, 0.2) is 30.3 Å². The van der Waals surface area contributed by atoms with Gasteiger partial charge in [-0.2, -0.15) is 18.3 Å². The van der Waals surface area contributed by atoms with Crippen molar-refractivity contribution in [3.63, 3.8) is 0 Å². The maximum absolute atomic E-state index is 14.3. The fraction of sp³-hybridized carbons (Fsp3) is 0.364. The van der Waals surface area contributed by atoms with E-state index in [-0.39, 0.29) is 23.2 Å². The van der Waals surface area contributed by atoms with Crippen LogP contribution in [0.2, 0.25) is 5.02 Å². The lowest BCUT2D eigenvalue weighted by Gasteiger charge is -2.33. The molecule has 0 unspecified atom stereocenters. The molecule has 1 fully saturated rings. The number of hydrogen-bond acceptors (Lipinski definition) is 3. The van der Waals surface area contributed by atoms with Gasteiger partial charge in [-0.3, -0.25) is 9.58 Å². The Morgan fingerprint density at radius 1 is 1.22 bits per heavy atom. The molecule has 0 atom stereocenters. The highest BCUT2D eigenvalue weighted by Crippen LogP contribution is 2.35. The molecule has 0 bridgehead atoms. The molecule has 10 heteroatoms. The fourth-order valence-corrected chi connectivity index (χ4v) is 4.48. The molecule has 1 N–H and O–H groups in total. The van der Waals surface area contributed by atoms with Gasteiger partial charge in [0.2, 0.25) is 0 Å². The SMILES string of the molecule is Cc1nn(C2CCN(Cc3cc(Cl)ccc3C(F)(F)F)CC2)c2cc(F)c(C(=O)O)cc12. The van der Waals surface area contributed by atoms with Crippen LogP contribution in [0.4, 0.5) is 17.6 Å². The molecule has 0 amide bonds. The molecular formula is C22H20ClF4N3O2. The van der Waals surface area contributed by atoms with E-state index in [1.165, 1.54) is 24.3 Å². The number of piperidine rings is 1. The Kier molecular flexibility index (Phi) is 5.89. The molecule has 0 saturated carbocycles. The van der Waals surface area contributed by atoms with Crippen LogP contribution in [0.3, 0.4) is 0 Å². The van der Waals surface area contributed by atoms with Gasteiger partial charge >= 0.3 is 12.1 Å². The Morgan fingerprint density at radius 3 is 2.53 bits per heavy atom. The van der Waals surface area contributed by atoms with Crippen molar-refractivity contribution < 1.29 is 27.5 Å². The molecule has 3 aromatic rings. The number of nitrogens with zero attached hydrogens (tertiary/aromatic N) is 3. The van der Waals surface area contributed by atoms with Crippen molar-refractivity contribution in [3.05, 3.63) is 63.6 Å². The Bertz CT molecular complexity index is 1180. The van der Waals surface area contributed by atoms with Crippen molar-refractivity contribution >= 4 is 28.5 Å². The molecular weight excluding hydrogens is 450 g/mol. The number of likely N-dealkylation sites (tertiary alicyclic amines) is 1.